The Bertz CT molecular complexity index is 570. The van der Waals surface area contributed by atoms with Crippen LogP contribution in [0.1, 0.15) is 23.7 Å². The number of rotatable bonds is 5. The van der Waals surface area contributed by atoms with Crippen molar-refractivity contribution in [3.8, 4) is 0 Å². The topological polar surface area (TPSA) is 113 Å². The van der Waals surface area contributed by atoms with Crippen molar-refractivity contribution in [3.05, 3.63) is 35.4 Å². The molecule has 0 aliphatic carbocycles. The molecule has 2 rings (SSSR count). The van der Waals surface area contributed by atoms with E-state index in [0.717, 1.165) is 5.56 Å². The number of hydrogen-bond acceptors (Lipinski definition) is 4. The molecule has 0 saturated carbocycles. The molecule has 7 nitrogen and oxygen atoms in total. The van der Waals surface area contributed by atoms with Crippen molar-refractivity contribution >= 4 is 17.8 Å². The molecule has 7 heteroatoms. The Hall–Kier alpha value is -2.41. The van der Waals surface area contributed by atoms with Crippen LogP contribution in [-0.2, 0) is 25.5 Å². The predicted octanol–water partition coefficient (Wildman–Crippen LogP) is 0.344. The van der Waals surface area contributed by atoms with Gasteiger partial charge in [0.2, 0.25) is 0 Å². The van der Waals surface area contributed by atoms with Gasteiger partial charge in [-0.3, -0.25) is 9.59 Å². The van der Waals surface area contributed by atoms with Crippen molar-refractivity contribution in [1.82, 2.24) is 5.32 Å². The second-order valence-corrected chi connectivity index (χ2v) is 4.70. The lowest BCUT2D eigenvalue weighted by atomic mass is 9.97. The molecule has 1 aromatic carbocycles. The van der Waals surface area contributed by atoms with Gasteiger partial charge < -0.3 is 20.3 Å². The molecule has 21 heavy (non-hydrogen) atoms. The molecule has 0 spiro atoms. The molecule has 0 radical (unpaired) electrons. The Morgan fingerprint density at radius 2 is 2.00 bits per heavy atom. The number of carboxylic acid groups (broad SMARTS) is 2. The Morgan fingerprint density at radius 1 is 1.29 bits per heavy atom. The number of hydrogen-bond donors (Lipinski definition) is 3. The molecule has 0 fully saturated rings. The monoisotopic (exact) mass is 293 g/mol. The van der Waals surface area contributed by atoms with Gasteiger partial charge in [-0.1, -0.05) is 24.3 Å². The first kappa shape index (κ1) is 15.0. The third-order valence-corrected chi connectivity index (χ3v) is 3.22. The smallest absolute Gasteiger partial charge is 0.326 e. The van der Waals surface area contributed by atoms with Gasteiger partial charge in [0, 0.05) is 0 Å². The fraction of sp³-hybridized carbons (Fsp3) is 0.357. The molecule has 1 aliphatic heterocycles. The van der Waals surface area contributed by atoms with E-state index in [1.165, 1.54) is 0 Å². The summed E-state index contributed by atoms with van der Waals surface area (Å²) in [6.45, 7) is 0.353. The van der Waals surface area contributed by atoms with Gasteiger partial charge in [0.25, 0.3) is 5.91 Å². The lowest BCUT2D eigenvalue weighted by molar-refractivity contribution is -0.149. The summed E-state index contributed by atoms with van der Waals surface area (Å²) in [5.74, 6) is -3.33. The number of amides is 1. The summed E-state index contributed by atoms with van der Waals surface area (Å²) in [6, 6.07) is 5.76. The first-order valence-corrected chi connectivity index (χ1v) is 6.43. The minimum atomic E-state index is -1.48. The molecule has 2 atom stereocenters. The van der Waals surface area contributed by atoms with E-state index in [1.54, 1.807) is 12.1 Å². The van der Waals surface area contributed by atoms with Gasteiger partial charge in [-0.05, 0) is 17.5 Å². The van der Waals surface area contributed by atoms with Crippen LogP contribution < -0.4 is 5.32 Å². The summed E-state index contributed by atoms with van der Waals surface area (Å²) in [4.78, 5) is 33.8. The fourth-order valence-electron chi connectivity index (χ4n) is 2.23. The maximum Gasteiger partial charge on any atom is 0.326 e. The molecule has 3 N–H and O–H groups in total. The van der Waals surface area contributed by atoms with Crippen molar-refractivity contribution in [2.24, 2.45) is 0 Å². The number of carbonyl (C=O) groups is 3. The summed E-state index contributed by atoms with van der Waals surface area (Å²) >= 11 is 0. The third kappa shape index (κ3) is 3.57. The van der Waals surface area contributed by atoms with E-state index in [9.17, 15) is 14.4 Å². The second kappa shape index (κ2) is 6.36. The largest absolute Gasteiger partial charge is 0.481 e. The first-order chi connectivity index (χ1) is 9.99. The zero-order valence-electron chi connectivity index (χ0n) is 11.1. The number of benzene rings is 1. The summed E-state index contributed by atoms with van der Waals surface area (Å²) in [5.41, 5.74) is 1.65. The van der Waals surface area contributed by atoms with Gasteiger partial charge in [-0.25, -0.2) is 4.79 Å². The normalized spacial score (nSPS) is 18.4. The van der Waals surface area contributed by atoms with Crippen LogP contribution in [0.4, 0.5) is 0 Å². The average Bonchev–Trinajstić information content (AvgIpc) is 2.45. The highest BCUT2D eigenvalue weighted by molar-refractivity contribution is 5.89. The Labute approximate surface area is 120 Å². The van der Waals surface area contributed by atoms with Crippen LogP contribution in [0.3, 0.4) is 0 Å². The van der Waals surface area contributed by atoms with E-state index in [-0.39, 0.29) is 0 Å². The summed E-state index contributed by atoms with van der Waals surface area (Å²) < 4.78 is 5.40. The van der Waals surface area contributed by atoms with Crippen LogP contribution in [0.25, 0.3) is 0 Å². The van der Waals surface area contributed by atoms with Gasteiger partial charge in [0.05, 0.1) is 13.0 Å². The summed E-state index contributed by atoms with van der Waals surface area (Å²) in [7, 11) is 0. The molecular weight excluding hydrogens is 278 g/mol. The van der Waals surface area contributed by atoms with Crippen molar-refractivity contribution in [3.63, 3.8) is 0 Å². The summed E-state index contributed by atoms with van der Waals surface area (Å²) in [5, 5.41) is 19.8. The zero-order chi connectivity index (χ0) is 15.4. The highest BCUT2D eigenvalue weighted by Crippen LogP contribution is 2.27. The molecule has 1 aliphatic rings. The van der Waals surface area contributed by atoms with E-state index < -0.39 is 36.4 Å². The van der Waals surface area contributed by atoms with Crippen molar-refractivity contribution in [2.75, 3.05) is 6.61 Å². The quantitative estimate of drug-likeness (QED) is 0.721. The van der Waals surface area contributed by atoms with Gasteiger partial charge in [0.1, 0.15) is 6.04 Å². The SMILES string of the molecule is O=C(O)C[C@H](NC(=O)C1OCCc2ccccc21)C(=O)O. The second-order valence-electron chi connectivity index (χ2n) is 4.70. The number of aliphatic carboxylic acids is 2. The van der Waals surface area contributed by atoms with E-state index in [4.69, 9.17) is 14.9 Å². The number of ether oxygens (including phenoxy) is 1. The Balaban J connectivity index is 2.13. The molecule has 0 aromatic heterocycles. The number of fused-ring (bicyclic) bond motifs is 1. The minimum absolute atomic E-state index is 0.353. The fourth-order valence-corrected chi connectivity index (χ4v) is 2.23. The van der Waals surface area contributed by atoms with E-state index >= 15 is 0 Å². The number of carbonyl (C=O) groups excluding carboxylic acids is 1. The van der Waals surface area contributed by atoms with Gasteiger partial charge in [0.15, 0.2) is 6.10 Å². The zero-order valence-corrected chi connectivity index (χ0v) is 11.1. The van der Waals surface area contributed by atoms with Crippen LogP contribution in [0.15, 0.2) is 24.3 Å². The van der Waals surface area contributed by atoms with E-state index in [1.807, 2.05) is 12.1 Å². The number of carboxylic acids is 2. The highest BCUT2D eigenvalue weighted by atomic mass is 16.5. The van der Waals surface area contributed by atoms with Crippen molar-refractivity contribution in [1.29, 1.82) is 0 Å². The molecule has 0 saturated heterocycles. The van der Waals surface area contributed by atoms with E-state index in [2.05, 4.69) is 5.32 Å². The minimum Gasteiger partial charge on any atom is -0.481 e. The van der Waals surface area contributed by atoms with Crippen LogP contribution >= 0.6 is 0 Å². The molecule has 1 amide bonds. The molecular formula is C14H15NO6. The highest BCUT2D eigenvalue weighted by Gasteiger charge is 2.31. The summed E-state index contributed by atoms with van der Waals surface area (Å²) in [6.07, 6.45) is -0.919. The first-order valence-electron chi connectivity index (χ1n) is 6.43. The van der Waals surface area contributed by atoms with Crippen molar-refractivity contribution in [2.45, 2.75) is 25.0 Å². The van der Waals surface area contributed by atoms with Gasteiger partial charge in [-0.2, -0.15) is 0 Å². The lowest BCUT2D eigenvalue weighted by Crippen LogP contribution is -2.45. The van der Waals surface area contributed by atoms with Crippen molar-refractivity contribution < 1.29 is 29.3 Å². The van der Waals surface area contributed by atoms with Crippen LogP contribution in [0, 0.1) is 0 Å². The third-order valence-electron chi connectivity index (χ3n) is 3.22. The molecule has 1 aromatic rings. The standard InChI is InChI=1S/C14H15NO6/c16-11(17)7-10(14(19)20)15-13(18)12-9-4-2-1-3-8(9)5-6-21-12/h1-4,10,12H,5-7H2,(H,15,18)(H,16,17)(H,19,20)/t10-,12?/m0/s1. The Morgan fingerprint density at radius 3 is 2.67 bits per heavy atom. The number of nitrogens with one attached hydrogen (secondary N) is 1. The average molecular weight is 293 g/mol. The lowest BCUT2D eigenvalue weighted by Gasteiger charge is -2.26. The van der Waals surface area contributed by atoms with Gasteiger partial charge >= 0.3 is 11.9 Å². The molecule has 1 heterocycles. The molecule has 0 bridgehead atoms. The maximum atomic E-state index is 12.2. The van der Waals surface area contributed by atoms with Gasteiger partial charge in [-0.15, -0.1) is 0 Å². The maximum absolute atomic E-state index is 12.2. The van der Waals surface area contributed by atoms with Crippen LogP contribution in [0.2, 0.25) is 0 Å². The molecule has 112 valence electrons. The van der Waals surface area contributed by atoms with Crippen LogP contribution in [0.5, 0.6) is 0 Å². The predicted molar refractivity (Wildman–Crippen MR) is 70.7 cm³/mol. The molecule has 1 unspecified atom stereocenters. The van der Waals surface area contributed by atoms with E-state index in [0.29, 0.717) is 18.6 Å². The van der Waals surface area contributed by atoms with Crippen LogP contribution in [-0.4, -0.2) is 40.7 Å². The Kier molecular flexibility index (Phi) is 4.54.